The molecule has 0 N–H and O–H groups in total. The second-order valence-corrected chi connectivity index (χ2v) is 8.01. The van der Waals surface area contributed by atoms with Gasteiger partial charge in [-0.2, -0.15) is 9.97 Å². The lowest BCUT2D eigenvalue weighted by molar-refractivity contribution is -0.178. The minimum Gasteiger partial charge on any atom is -0.494 e. The number of halogens is 1. The molecule has 162 valence electrons. The van der Waals surface area contributed by atoms with Gasteiger partial charge in [0.1, 0.15) is 12.1 Å². The SMILES string of the molecule is COc1cnc(OC2C(=O)N3CC(=O)N(C)c4ccc(Cl)cc4C23c2ccccc2)nc1. The van der Waals surface area contributed by atoms with Crippen molar-refractivity contribution in [2.75, 3.05) is 25.6 Å². The first-order valence-electron chi connectivity index (χ1n) is 9.93. The molecule has 2 amide bonds. The third-order valence-electron chi connectivity index (χ3n) is 5.97. The summed E-state index contributed by atoms with van der Waals surface area (Å²) in [6.45, 7) is -0.0974. The van der Waals surface area contributed by atoms with Crippen molar-refractivity contribution >= 4 is 29.1 Å². The van der Waals surface area contributed by atoms with E-state index in [0.29, 0.717) is 22.0 Å². The van der Waals surface area contributed by atoms with E-state index in [1.807, 2.05) is 30.3 Å². The van der Waals surface area contributed by atoms with Gasteiger partial charge in [-0.3, -0.25) is 9.59 Å². The molecule has 2 unspecified atom stereocenters. The van der Waals surface area contributed by atoms with Crippen molar-refractivity contribution in [2.45, 2.75) is 11.6 Å². The van der Waals surface area contributed by atoms with Crippen LogP contribution in [0.5, 0.6) is 11.8 Å². The Labute approximate surface area is 189 Å². The van der Waals surface area contributed by atoms with Crippen LogP contribution in [0.1, 0.15) is 11.1 Å². The van der Waals surface area contributed by atoms with Crippen molar-refractivity contribution in [1.29, 1.82) is 0 Å². The molecule has 5 rings (SSSR count). The molecule has 3 aromatic rings. The highest BCUT2D eigenvalue weighted by Crippen LogP contribution is 2.53. The lowest BCUT2D eigenvalue weighted by Crippen LogP contribution is -2.74. The molecule has 2 aliphatic rings. The van der Waals surface area contributed by atoms with Gasteiger partial charge in [0, 0.05) is 23.3 Å². The van der Waals surface area contributed by atoms with E-state index in [-0.39, 0.29) is 24.4 Å². The van der Waals surface area contributed by atoms with Gasteiger partial charge in [0.15, 0.2) is 5.75 Å². The number of benzene rings is 2. The molecular weight excluding hydrogens is 432 g/mol. The van der Waals surface area contributed by atoms with Crippen molar-refractivity contribution in [2.24, 2.45) is 0 Å². The van der Waals surface area contributed by atoms with Crippen LogP contribution in [0.3, 0.4) is 0 Å². The van der Waals surface area contributed by atoms with E-state index >= 15 is 0 Å². The highest BCUT2D eigenvalue weighted by atomic mass is 35.5. The van der Waals surface area contributed by atoms with Gasteiger partial charge in [-0.1, -0.05) is 41.9 Å². The molecule has 0 spiro atoms. The second kappa shape index (κ2) is 7.49. The lowest BCUT2D eigenvalue weighted by Gasteiger charge is -2.55. The van der Waals surface area contributed by atoms with Crippen LogP contribution >= 0.6 is 11.6 Å². The molecule has 9 heteroatoms. The highest BCUT2D eigenvalue weighted by molar-refractivity contribution is 6.30. The number of hydrogen-bond acceptors (Lipinski definition) is 6. The van der Waals surface area contributed by atoms with E-state index in [0.717, 1.165) is 5.56 Å². The zero-order valence-electron chi connectivity index (χ0n) is 17.4. The highest BCUT2D eigenvalue weighted by Gasteiger charge is 2.66. The summed E-state index contributed by atoms with van der Waals surface area (Å²) >= 11 is 6.39. The predicted molar refractivity (Wildman–Crippen MR) is 117 cm³/mol. The quantitative estimate of drug-likeness (QED) is 0.568. The third kappa shape index (κ3) is 2.83. The van der Waals surface area contributed by atoms with E-state index in [9.17, 15) is 9.59 Å². The summed E-state index contributed by atoms with van der Waals surface area (Å²) < 4.78 is 11.2. The van der Waals surface area contributed by atoms with Crippen molar-refractivity contribution in [3.8, 4) is 11.8 Å². The number of anilines is 1. The first-order valence-corrected chi connectivity index (χ1v) is 10.3. The topological polar surface area (TPSA) is 84.9 Å². The first-order chi connectivity index (χ1) is 15.5. The fourth-order valence-corrected chi connectivity index (χ4v) is 4.58. The number of rotatable bonds is 4. The minimum absolute atomic E-state index is 0.0339. The Balaban J connectivity index is 1.72. The van der Waals surface area contributed by atoms with Crippen LogP contribution in [-0.4, -0.2) is 53.5 Å². The van der Waals surface area contributed by atoms with Crippen LogP contribution in [0.2, 0.25) is 5.02 Å². The minimum atomic E-state index is -1.08. The zero-order chi connectivity index (χ0) is 22.5. The van der Waals surface area contributed by atoms with Gasteiger partial charge >= 0.3 is 6.01 Å². The number of carbonyl (C=O) groups excluding carboxylic acids is 2. The molecule has 0 saturated carbocycles. The van der Waals surface area contributed by atoms with Crippen molar-refractivity contribution in [1.82, 2.24) is 14.9 Å². The van der Waals surface area contributed by atoms with Gasteiger partial charge in [0.2, 0.25) is 12.0 Å². The van der Waals surface area contributed by atoms with Gasteiger partial charge in [0.25, 0.3) is 5.91 Å². The van der Waals surface area contributed by atoms with E-state index in [4.69, 9.17) is 21.1 Å². The average Bonchev–Trinajstić information content (AvgIpc) is 2.90. The van der Waals surface area contributed by atoms with Crippen LogP contribution < -0.4 is 14.4 Å². The molecule has 0 radical (unpaired) electrons. The predicted octanol–water partition coefficient (Wildman–Crippen LogP) is 2.65. The van der Waals surface area contributed by atoms with Crippen LogP contribution in [0.25, 0.3) is 0 Å². The number of methoxy groups -OCH3 is 1. The van der Waals surface area contributed by atoms with Gasteiger partial charge in [-0.05, 0) is 23.8 Å². The Bertz CT molecular complexity index is 1200. The summed E-state index contributed by atoms with van der Waals surface area (Å²) in [7, 11) is 3.20. The number of nitrogens with zero attached hydrogens (tertiary/aromatic N) is 4. The maximum absolute atomic E-state index is 13.3. The van der Waals surface area contributed by atoms with Crippen LogP contribution in [-0.2, 0) is 15.1 Å². The molecule has 3 heterocycles. The van der Waals surface area contributed by atoms with Crippen molar-refractivity contribution in [3.63, 3.8) is 0 Å². The van der Waals surface area contributed by atoms with E-state index in [1.165, 1.54) is 24.4 Å². The molecule has 0 aliphatic carbocycles. The molecule has 1 saturated heterocycles. The summed E-state index contributed by atoms with van der Waals surface area (Å²) in [5, 5.41) is 0.487. The van der Waals surface area contributed by atoms with Crippen LogP contribution in [0, 0.1) is 0 Å². The summed E-state index contributed by atoms with van der Waals surface area (Å²) in [6, 6.07) is 14.8. The summed E-state index contributed by atoms with van der Waals surface area (Å²) in [6.07, 6.45) is 1.94. The molecule has 2 aromatic carbocycles. The fourth-order valence-electron chi connectivity index (χ4n) is 4.41. The van der Waals surface area contributed by atoms with E-state index in [2.05, 4.69) is 9.97 Å². The molecule has 1 fully saturated rings. The largest absolute Gasteiger partial charge is 0.494 e. The molecule has 2 atom stereocenters. The van der Waals surface area contributed by atoms with E-state index < -0.39 is 11.6 Å². The molecular formula is C23H19ClN4O4. The maximum Gasteiger partial charge on any atom is 0.317 e. The zero-order valence-corrected chi connectivity index (χ0v) is 18.1. The molecule has 1 aromatic heterocycles. The van der Waals surface area contributed by atoms with Gasteiger partial charge in [-0.15, -0.1) is 0 Å². The van der Waals surface area contributed by atoms with Crippen molar-refractivity contribution in [3.05, 3.63) is 77.1 Å². The summed E-state index contributed by atoms with van der Waals surface area (Å²) in [4.78, 5) is 37.7. The van der Waals surface area contributed by atoms with Gasteiger partial charge < -0.3 is 19.3 Å². The number of fused-ring (bicyclic) bond motifs is 3. The van der Waals surface area contributed by atoms with Gasteiger partial charge in [-0.25, -0.2) is 0 Å². The van der Waals surface area contributed by atoms with E-state index in [1.54, 1.807) is 30.1 Å². The number of likely N-dealkylation sites (N-methyl/N-ethyl adjacent to an activating group) is 1. The number of hydrogen-bond donors (Lipinski definition) is 0. The van der Waals surface area contributed by atoms with Crippen molar-refractivity contribution < 1.29 is 19.1 Å². The van der Waals surface area contributed by atoms with Crippen LogP contribution in [0.4, 0.5) is 5.69 Å². The summed E-state index contributed by atoms with van der Waals surface area (Å²) in [5.41, 5.74) is 1.07. The maximum atomic E-state index is 13.3. The number of carbonyl (C=O) groups is 2. The monoisotopic (exact) mass is 450 g/mol. The molecule has 2 aliphatic heterocycles. The standard InChI is InChI=1S/C23H19ClN4O4/c1-27-18-9-8-15(24)10-17(18)23(14-6-4-3-5-7-14)20(21(30)28(23)13-19(27)29)32-22-25-11-16(31-2)12-26-22/h3-12,20H,13H2,1-2H3. The first kappa shape index (κ1) is 20.3. The number of ether oxygens (including phenoxy) is 2. The molecule has 8 nitrogen and oxygen atoms in total. The third-order valence-corrected chi connectivity index (χ3v) is 6.21. The summed E-state index contributed by atoms with van der Waals surface area (Å²) in [5.74, 6) is -0.0720. The second-order valence-electron chi connectivity index (χ2n) is 7.57. The van der Waals surface area contributed by atoms with Gasteiger partial charge in [0.05, 0.1) is 19.5 Å². The fraction of sp³-hybridized carbons (Fsp3) is 0.217. The number of aromatic nitrogens is 2. The lowest BCUT2D eigenvalue weighted by atomic mass is 9.69. The number of β-lactam (4-membered cyclic amide) rings is 1. The Morgan fingerprint density at radius 1 is 1.09 bits per heavy atom. The Morgan fingerprint density at radius 2 is 1.81 bits per heavy atom. The normalized spacial score (nSPS) is 21.9. The smallest absolute Gasteiger partial charge is 0.317 e. The number of amides is 2. The Kier molecular flexibility index (Phi) is 4.74. The van der Waals surface area contributed by atoms with Crippen LogP contribution in [0.15, 0.2) is 60.9 Å². The Hall–Kier alpha value is -3.65. The molecule has 32 heavy (non-hydrogen) atoms. The average molecular weight is 451 g/mol. The molecule has 0 bridgehead atoms. The Morgan fingerprint density at radius 3 is 2.50 bits per heavy atom.